The third kappa shape index (κ3) is 5.45. The lowest BCUT2D eigenvalue weighted by Gasteiger charge is -2.08. The standard InChI is InChI=1S/C16H20N6O/c1-18-16(21-11-17)20-8-7-19-10-14-15(23-12-22-14)9-13-5-3-2-4-6-13/h2-6,12,19H,7-10H2,1H3,(H2,18,20,21). The van der Waals surface area contributed by atoms with E-state index in [1.807, 2.05) is 18.2 Å². The van der Waals surface area contributed by atoms with Gasteiger partial charge in [-0.3, -0.25) is 0 Å². The van der Waals surface area contributed by atoms with Crippen LogP contribution in [0.15, 0.2) is 46.1 Å². The van der Waals surface area contributed by atoms with Crippen LogP contribution in [0, 0.1) is 11.5 Å². The summed E-state index contributed by atoms with van der Waals surface area (Å²) >= 11 is 0. The molecule has 2 rings (SSSR count). The number of nitriles is 1. The number of hydrogen-bond donors (Lipinski definition) is 3. The predicted molar refractivity (Wildman–Crippen MR) is 87.6 cm³/mol. The molecule has 0 saturated heterocycles. The van der Waals surface area contributed by atoms with Crippen LogP contribution in [-0.2, 0) is 13.0 Å². The van der Waals surface area contributed by atoms with E-state index in [4.69, 9.17) is 9.68 Å². The van der Waals surface area contributed by atoms with Crippen molar-refractivity contribution < 1.29 is 4.42 Å². The number of aliphatic imine (C=N–C) groups is 1. The molecule has 0 aliphatic carbocycles. The molecule has 0 unspecified atom stereocenters. The number of aromatic nitrogens is 1. The summed E-state index contributed by atoms with van der Waals surface area (Å²) in [4.78, 5) is 7.86. The number of oxazole rings is 1. The van der Waals surface area contributed by atoms with Gasteiger partial charge in [-0.25, -0.2) is 4.98 Å². The van der Waals surface area contributed by atoms with Gasteiger partial charge in [0.2, 0.25) is 12.2 Å². The maximum atomic E-state index is 8.50. The lowest BCUT2D eigenvalue weighted by atomic mass is 10.1. The quantitative estimate of drug-likeness (QED) is 0.305. The first-order chi connectivity index (χ1) is 11.3. The van der Waals surface area contributed by atoms with Gasteiger partial charge >= 0.3 is 0 Å². The molecule has 1 aromatic heterocycles. The summed E-state index contributed by atoms with van der Waals surface area (Å²) in [6.45, 7) is 1.99. The third-order valence-corrected chi connectivity index (χ3v) is 3.22. The van der Waals surface area contributed by atoms with Gasteiger partial charge in [0.25, 0.3) is 0 Å². The lowest BCUT2D eigenvalue weighted by Crippen LogP contribution is -2.38. The van der Waals surface area contributed by atoms with Crippen LogP contribution in [0.3, 0.4) is 0 Å². The number of hydrogen-bond acceptors (Lipinski definition) is 5. The average molecular weight is 312 g/mol. The van der Waals surface area contributed by atoms with Crippen LogP contribution in [0.2, 0.25) is 0 Å². The fourth-order valence-electron chi connectivity index (χ4n) is 2.07. The summed E-state index contributed by atoms with van der Waals surface area (Å²) in [5, 5.41) is 17.6. The highest BCUT2D eigenvalue weighted by molar-refractivity contribution is 5.80. The van der Waals surface area contributed by atoms with E-state index in [0.29, 0.717) is 25.6 Å². The molecule has 7 nitrogen and oxygen atoms in total. The van der Waals surface area contributed by atoms with Crippen LogP contribution in [0.25, 0.3) is 0 Å². The summed E-state index contributed by atoms with van der Waals surface area (Å²) in [5.41, 5.74) is 2.10. The minimum absolute atomic E-state index is 0.459. The average Bonchev–Trinajstić information content (AvgIpc) is 3.01. The Morgan fingerprint density at radius 3 is 2.87 bits per heavy atom. The van der Waals surface area contributed by atoms with E-state index in [1.165, 1.54) is 12.0 Å². The molecule has 2 aromatic rings. The molecule has 0 saturated carbocycles. The molecule has 7 heteroatoms. The van der Waals surface area contributed by atoms with Crippen LogP contribution in [-0.4, -0.2) is 31.1 Å². The van der Waals surface area contributed by atoms with E-state index < -0.39 is 0 Å². The normalized spacial score (nSPS) is 11.0. The highest BCUT2D eigenvalue weighted by Gasteiger charge is 2.08. The summed E-state index contributed by atoms with van der Waals surface area (Å²) in [5.74, 6) is 1.33. The highest BCUT2D eigenvalue weighted by Crippen LogP contribution is 2.13. The largest absolute Gasteiger partial charge is 0.448 e. The summed E-state index contributed by atoms with van der Waals surface area (Å²) in [6, 6.07) is 10.2. The molecule has 0 aliphatic rings. The highest BCUT2D eigenvalue weighted by atomic mass is 16.3. The van der Waals surface area contributed by atoms with Gasteiger partial charge in [0.05, 0.1) is 5.69 Å². The Morgan fingerprint density at radius 2 is 2.13 bits per heavy atom. The first-order valence-electron chi connectivity index (χ1n) is 7.37. The first-order valence-corrected chi connectivity index (χ1v) is 7.37. The van der Waals surface area contributed by atoms with E-state index in [0.717, 1.165) is 17.9 Å². The van der Waals surface area contributed by atoms with Gasteiger partial charge in [0.15, 0.2) is 6.39 Å². The van der Waals surface area contributed by atoms with Crippen LogP contribution >= 0.6 is 0 Å². The zero-order valence-electron chi connectivity index (χ0n) is 13.0. The molecule has 1 heterocycles. The minimum Gasteiger partial charge on any atom is -0.448 e. The van der Waals surface area contributed by atoms with E-state index >= 15 is 0 Å². The minimum atomic E-state index is 0.459. The monoisotopic (exact) mass is 312 g/mol. The Labute approximate surface area is 135 Å². The maximum Gasteiger partial charge on any atom is 0.209 e. The summed E-state index contributed by atoms with van der Waals surface area (Å²) in [7, 11) is 1.71. The molecule has 0 bridgehead atoms. The van der Waals surface area contributed by atoms with Crippen molar-refractivity contribution >= 4 is 5.96 Å². The maximum absolute atomic E-state index is 8.50. The van der Waals surface area contributed by atoms with Crippen molar-refractivity contribution in [2.24, 2.45) is 4.99 Å². The molecule has 0 aliphatic heterocycles. The molecule has 3 N–H and O–H groups in total. The molecule has 0 spiro atoms. The van der Waals surface area contributed by atoms with Crippen molar-refractivity contribution in [2.75, 3.05) is 20.1 Å². The molecule has 0 amide bonds. The van der Waals surface area contributed by atoms with Crippen molar-refractivity contribution in [2.45, 2.75) is 13.0 Å². The van der Waals surface area contributed by atoms with Gasteiger partial charge in [-0.2, -0.15) is 5.26 Å². The molecule has 0 fully saturated rings. The fraction of sp³-hybridized carbons (Fsp3) is 0.312. The zero-order valence-corrected chi connectivity index (χ0v) is 13.0. The molecular formula is C16H20N6O. The van der Waals surface area contributed by atoms with Crippen molar-refractivity contribution in [3.05, 3.63) is 53.7 Å². The Bertz CT molecular complexity index is 659. The summed E-state index contributed by atoms with van der Waals surface area (Å²) in [6.07, 6.45) is 3.94. The lowest BCUT2D eigenvalue weighted by molar-refractivity contribution is 0.509. The number of nitrogens with one attached hydrogen (secondary N) is 3. The zero-order chi connectivity index (χ0) is 16.3. The molecule has 0 radical (unpaired) electrons. The van der Waals surface area contributed by atoms with Crippen molar-refractivity contribution in [1.82, 2.24) is 20.9 Å². The van der Waals surface area contributed by atoms with Gasteiger partial charge < -0.3 is 20.4 Å². The third-order valence-electron chi connectivity index (χ3n) is 3.22. The van der Waals surface area contributed by atoms with Gasteiger partial charge in [0.1, 0.15) is 5.76 Å². The van der Waals surface area contributed by atoms with Crippen molar-refractivity contribution in [1.29, 1.82) is 5.26 Å². The van der Waals surface area contributed by atoms with Gasteiger partial charge in [0, 0.05) is 33.1 Å². The van der Waals surface area contributed by atoms with E-state index in [1.54, 1.807) is 13.2 Å². The smallest absolute Gasteiger partial charge is 0.209 e. The Morgan fingerprint density at radius 1 is 1.30 bits per heavy atom. The van der Waals surface area contributed by atoms with Gasteiger partial charge in [-0.1, -0.05) is 30.3 Å². The van der Waals surface area contributed by atoms with Gasteiger partial charge in [-0.05, 0) is 5.56 Å². The van der Waals surface area contributed by atoms with Crippen molar-refractivity contribution in [3.63, 3.8) is 0 Å². The summed E-state index contributed by atoms with van der Waals surface area (Å²) < 4.78 is 5.48. The molecule has 1 aromatic carbocycles. The molecule has 0 atom stereocenters. The molecule has 23 heavy (non-hydrogen) atoms. The number of guanidine groups is 1. The van der Waals surface area contributed by atoms with Crippen LogP contribution in [0.1, 0.15) is 17.0 Å². The second-order valence-corrected chi connectivity index (χ2v) is 4.80. The van der Waals surface area contributed by atoms with Crippen LogP contribution in [0.4, 0.5) is 0 Å². The number of rotatable bonds is 7. The number of nitrogens with zero attached hydrogens (tertiary/aromatic N) is 3. The Kier molecular flexibility index (Phi) is 6.63. The SMILES string of the molecule is CNC(=NC#N)NCCNCc1ncoc1Cc1ccccc1. The topological polar surface area (TPSA) is 98.3 Å². The Hall–Kier alpha value is -2.85. The first kappa shape index (κ1) is 16.5. The van der Waals surface area contributed by atoms with E-state index in [-0.39, 0.29) is 0 Å². The fourth-order valence-corrected chi connectivity index (χ4v) is 2.07. The number of benzene rings is 1. The Balaban J connectivity index is 1.76. The second-order valence-electron chi connectivity index (χ2n) is 4.80. The molecular weight excluding hydrogens is 292 g/mol. The molecule has 120 valence electrons. The van der Waals surface area contributed by atoms with Crippen LogP contribution in [0.5, 0.6) is 0 Å². The van der Waals surface area contributed by atoms with Crippen LogP contribution < -0.4 is 16.0 Å². The van der Waals surface area contributed by atoms with Gasteiger partial charge in [-0.15, -0.1) is 4.99 Å². The predicted octanol–water partition coefficient (Wildman–Crippen LogP) is 1.00. The van der Waals surface area contributed by atoms with Crippen molar-refractivity contribution in [3.8, 4) is 6.19 Å². The van der Waals surface area contributed by atoms with E-state index in [9.17, 15) is 0 Å². The van der Waals surface area contributed by atoms with E-state index in [2.05, 4.69) is 38.1 Å². The second kappa shape index (κ2) is 9.23.